The number of nitrogens with one attached hydrogen (secondary N) is 2. The van der Waals surface area contributed by atoms with Crippen LogP contribution in [0.25, 0.3) is 0 Å². The second-order valence-electron chi connectivity index (χ2n) is 8.40. The van der Waals surface area contributed by atoms with Crippen molar-refractivity contribution >= 4 is 35.2 Å². The van der Waals surface area contributed by atoms with Crippen molar-refractivity contribution in [3.8, 4) is 0 Å². The molecule has 3 aliphatic rings. The Kier molecular flexibility index (Phi) is 5.67. The smallest absolute Gasteiger partial charge is 0.250 e. The fourth-order valence-corrected chi connectivity index (χ4v) is 5.75. The van der Waals surface area contributed by atoms with E-state index in [0.717, 1.165) is 34.6 Å². The second kappa shape index (κ2) is 7.98. The van der Waals surface area contributed by atoms with Gasteiger partial charge in [-0.25, -0.2) is 0 Å². The zero-order valence-corrected chi connectivity index (χ0v) is 18.7. The molecule has 3 heterocycles. The minimum atomic E-state index is -1.19. The van der Waals surface area contributed by atoms with Gasteiger partial charge in [-0.05, 0) is 49.8 Å². The molecule has 7 nitrogen and oxygen atoms in total. The number of anilines is 1. The van der Waals surface area contributed by atoms with E-state index < -0.39 is 17.4 Å². The van der Waals surface area contributed by atoms with Gasteiger partial charge in [0.25, 0.3) is 0 Å². The summed E-state index contributed by atoms with van der Waals surface area (Å²) in [6.07, 6.45) is 3.33. The zero-order chi connectivity index (χ0) is 21.6. The van der Waals surface area contributed by atoms with Gasteiger partial charge in [0.2, 0.25) is 17.7 Å². The molecule has 0 saturated carbocycles. The molecule has 1 aromatic carbocycles. The van der Waals surface area contributed by atoms with E-state index in [4.69, 9.17) is 4.74 Å². The van der Waals surface area contributed by atoms with E-state index in [1.807, 2.05) is 32.2 Å². The normalized spacial score (nSPS) is 29.7. The van der Waals surface area contributed by atoms with Crippen molar-refractivity contribution in [3.63, 3.8) is 0 Å². The van der Waals surface area contributed by atoms with Crippen LogP contribution >= 0.6 is 11.8 Å². The summed E-state index contributed by atoms with van der Waals surface area (Å²) >= 11 is 1.70. The monoisotopic (exact) mass is 431 g/mol. The topological polar surface area (TPSA) is 87.7 Å². The highest BCUT2D eigenvalue weighted by Gasteiger charge is 2.70. The maximum Gasteiger partial charge on any atom is 0.250 e. The highest BCUT2D eigenvalue weighted by molar-refractivity contribution is 7.98. The van der Waals surface area contributed by atoms with Crippen molar-refractivity contribution in [2.75, 3.05) is 37.6 Å². The SMILES string of the molecule is COCCCN1C(=O)C2C(CCSC)NC3(C(=O)Nc4c3ccc(C)c4C)C2C1=O. The van der Waals surface area contributed by atoms with Crippen molar-refractivity contribution in [2.45, 2.75) is 38.3 Å². The molecule has 162 valence electrons. The molecule has 2 saturated heterocycles. The van der Waals surface area contributed by atoms with Crippen molar-refractivity contribution < 1.29 is 19.1 Å². The van der Waals surface area contributed by atoms with Crippen LogP contribution in [0, 0.1) is 25.7 Å². The van der Waals surface area contributed by atoms with Gasteiger partial charge in [-0.15, -0.1) is 0 Å². The number of amides is 3. The van der Waals surface area contributed by atoms with Crippen LogP contribution in [0.15, 0.2) is 12.1 Å². The number of nitrogens with zero attached hydrogens (tertiary/aromatic N) is 1. The summed E-state index contributed by atoms with van der Waals surface area (Å²) in [5.74, 6) is -1.03. The highest BCUT2D eigenvalue weighted by atomic mass is 32.2. The van der Waals surface area contributed by atoms with E-state index in [0.29, 0.717) is 19.6 Å². The summed E-state index contributed by atoms with van der Waals surface area (Å²) in [7, 11) is 1.60. The van der Waals surface area contributed by atoms with E-state index in [-0.39, 0.29) is 23.8 Å². The Bertz CT molecular complexity index is 905. The Labute approximate surface area is 181 Å². The van der Waals surface area contributed by atoms with Crippen LogP contribution in [0.2, 0.25) is 0 Å². The maximum absolute atomic E-state index is 13.5. The van der Waals surface area contributed by atoms with Crippen LogP contribution in [-0.4, -0.2) is 60.9 Å². The summed E-state index contributed by atoms with van der Waals surface area (Å²) in [6, 6.07) is 3.70. The third-order valence-electron chi connectivity index (χ3n) is 6.88. The minimum absolute atomic E-state index is 0.165. The number of rotatable bonds is 7. The first-order chi connectivity index (χ1) is 14.4. The van der Waals surface area contributed by atoms with Crippen molar-refractivity contribution in [3.05, 3.63) is 28.8 Å². The van der Waals surface area contributed by atoms with E-state index in [9.17, 15) is 14.4 Å². The Morgan fingerprint density at radius 2 is 1.97 bits per heavy atom. The molecule has 2 fully saturated rings. The lowest BCUT2D eigenvalue weighted by Crippen LogP contribution is -2.53. The maximum atomic E-state index is 13.5. The molecule has 3 aliphatic heterocycles. The van der Waals surface area contributed by atoms with E-state index in [2.05, 4.69) is 10.6 Å². The van der Waals surface area contributed by atoms with Gasteiger partial charge in [-0.3, -0.25) is 24.6 Å². The molecule has 0 aromatic heterocycles. The number of carbonyl (C=O) groups is 3. The van der Waals surface area contributed by atoms with Gasteiger partial charge < -0.3 is 10.1 Å². The van der Waals surface area contributed by atoms with Crippen molar-refractivity contribution in [1.82, 2.24) is 10.2 Å². The second-order valence-corrected chi connectivity index (χ2v) is 9.39. The van der Waals surface area contributed by atoms with Crippen molar-refractivity contribution in [2.24, 2.45) is 11.8 Å². The number of ether oxygens (including phenoxy) is 1. The number of thioether (sulfide) groups is 1. The van der Waals surface area contributed by atoms with Gasteiger partial charge in [0.15, 0.2) is 0 Å². The molecule has 0 radical (unpaired) electrons. The fraction of sp³-hybridized carbons (Fsp3) is 0.591. The largest absolute Gasteiger partial charge is 0.385 e. The number of aryl methyl sites for hydroxylation is 1. The first-order valence-corrected chi connectivity index (χ1v) is 11.8. The molecular weight excluding hydrogens is 402 g/mol. The van der Waals surface area contributed by atoms with E-state index in [1.54, 1.807) is 18.9 Å². The summed E-state index contributed by atoms with van der Waals surface area (Å²) in [4.78, 5) is 41.6. The number of methoxy groups -OCH3 is 1. The van der Waals surface area contributed by atoms with E-state index in [1.165, 1.54) is 4.90 Å². The molecule has 4 unspecified atom stereocenters. The molecular formula is C22H29N3O4S. The predicted octanol–water partition coefficient (Wildman–Crippen LogP) is 1.81. The van der Waals surface area contributed by atoms with Gasteiger partial charge in [-0.2, -0.15) is 11.8 Å². The minimum Gasteiger partial charge on any atom is -0.385 e. The Hall–Kier alpha value is -1.90. The predicted molar refractivity (Wildman–Crippen MR) is 116 cm³/mol. The first kappa shape index (κ1) is 21.3. The lowest BCUT2D eigenvalue weighted by atomic mass is 9.76. The van der Waals surface area contributed by atoms with Gasteiger partial charge in [0.1, 0.15) is 5.54 Å². The molecule has 0 bridgehead atoms. The van der Waals surface area contributed by atoms with Gasteiger partial charge in [0.05, 0.1) is 11.8 Å². The van der Waals surface area contributed by atoms with Crippen LogP contribution in [-0.2, 0) is 24.7 Å². The lowest BCUT2D eigenvalue weighted by Gasteiger charge is -2.29. The highest BCUT2D eigenvalue weighted by Crippen LogP contribution is 2.54. The number of hydrogen-bond donors (Lipinski definition) is 2. The third-order valence-corrected chi connectivity index (χ3v) is 7.52. The molecule has 8 heteroatoms. The average Bonchev–Trinajstić information content (AvgIpc) is 3.30. The Balaban J connectivity index is 1.79. The summed E-state index contributed by atoms with van der Waals surface area (Å²) in [6.45, 7) is 4.78. The van der Waals surface area contributed by atoms with Gasteiger partial charge in [0, 0.05) is 37.6 Å². The number of carbonyl (C=O) groups excluding carboxylic acids is 3. The standard InChI is InChI=1S/C22H29N3O4S/c1-12-6-7-14-18(13(12)2)23-21(28)22(14)17-16(15(24-22)8-11-30-4)19(26)25(20(17)27)9-5-10-29-3/h6-7,15-17,24H,5,8-11H2,1-4H3,(H,23,28). The van der Waals surface area contributed by atoms with Gasteiger partial charge >= 0.3 is 0 Å². The number of imide groups is 1. The molecule has 4 rings (SSSR count). The lowest BCUT2D eigenvalue weighted by molar-refractivity contribution is -0.143. The molecule has 1 spiro atoms. The Morgan fingerprint density at radius 1 is 1.20 bits per heavy atom. The number of benzene rings is 1. The van der Waals surface area contributed by atoms with Crippen LogP contribution in [0.3, 0.4) is 0 Å². The Morgan fingerprint density at radius 3 is 2.67 bits per heavy atom. The quantitative estimate of drug-likeness (QED) is 0.506. The third kappa shape index (κ3) is 2.92. The van der Waals surface area contributed by atoms with E-state index >= 15 is 0 Å². The first-order valence-electron chi connectivity index (χ1n) is 10.4. The molecule has 1 aromatic rings. The molecule has 30 heavy (non-hydrogen) atoms. The number of likely N-dealkylation sites (tertiary alicyclic amines) is 1. The summed E-state index contributed by atoms with van der Waals surface area (Å²) in [5, 5.41) is 6.51. The van der Waals surface area contributed by atoms with Crippen molar-refractivity contribution in [1.29, 1.82) is 0 Å². The van der Waals surface area contributed by atoms with Gasteiger partial charge in [-0.1, -0.05) is 12.1 Å². The average molecular weight is 432 g/mol. The molecule has 3 amide bonds. The van der Waals surface area contributed by atoms with Crippen LogP contribution < -0.4 is 10.6 Å². The number of hydrogen-bond acceptors (Lipinski definition) is 6. The zero-order valence-electron chi connectivity index (χ0n) is 17.9. The molecule has 0 aliphatic carbocycles. The van der Waals surface area contributed by atoms with Crippen LogP contribution in [0.5, 0.6) is 0 Å². The molecule has 4 atom stereocenters. The number of fused-ring (bicyclic) bond motifs is 4. The van der Waals surface area contributed by atoms with Crippen LogP contribution in [0.4, 0.5) is 5.69 Å². The summed E-state index contributed by atoms with van der Waals surface area (Å²) in [5.41, 5.74) is 2.45. The fourth-order valence-electron chi connectivity index (χ4n) is 5.26. The van der Waals surface area contributed by atoms with Crippen LogP contribution in [0.1, 0.15) is 29.5 Å². The summed E-state index contributed by atoms with van der Waals surface area (Å²) < 4.78 is 5.09. The molecule has 2 N–H and O–H groups in total.